The zero-order valence-corrected chi connectivity index (χ0v) is 19.1. The van der Waals surface area contributed by atoms with E-state index in [2.05, 4.69) is 5.32 Å². The van der Waals surface area contributed by atoms with E-state index in [1.54, 1.807) is 73.7 Å². The van der Waals surface area contributed by atoms with Crippen molar-refractivity contribution in [3.63, 3.8) is 0 Å². The van der Waals surface area contributed by atoms with Gasteiger partial charge in [0.2, 0.25) is 0 Å². The molecule has 0 bridgehead atoms. The van der Waals surface area contributed by atoms with Crippen LogP contribution in [0.4, 0.5) is 11.4 Å². The monoisotopic (exact) mass is 454 g/mol. The number of nitrogens with one attached hydrogen (secondary N) is 1. The number of amides is 1. The number of carbonyl (C=O) groups is 1. The third-order valence-electron chi connectivity index (χ3n) is 4.77. The first kappa shape index (κ1) is 23.1. The van der Waals surface area contributed by atoms with E-state index in [0.717, 1.165) is 5.56 Å². The first-order chi connectivity index (χ1) is 15.3. The average Bonchev–Trinajstić information content (AvgIpc) is 2.79. The third kappa shape index (κ3) is 5.39. The van der Waals surface area contributed by atoms with Crippen molar-refractivity contribution in [2.24, 2.45) is 0 Å². The molecule has 0 radical (unpaired) electrons. The Labute approximate surface area is 188 Å². The Morgan fingerprint density at radius 2 is 1.62 bits per heavy atom. The van der Waals surface area contributed by atoms with Crippen LogP contribution in [0.15, 0.2) is 77.7 Å². The molecule has 1 N–H and O–H groups in total. The SMILES string of the molecule is CCN(c1ccc(OCC(=O)Nc2ccccc2OC)cc1)S(=O)(=O)c1ccc(C)cc1. The largest absolute Gasteiger partial charge is 0.495 e. The van der Waals surface area contributed by atoms with Crippen molar-refractivity contribution in [3.05, 3.63) is 78.4 Å². The van der Waals surface area contributed by atoms with E-state index in [1.807, 2.05) is 13.0 Å². The first-order valence-corrected chi connectivity index (χ1v) is 11.5. The minimum atomic E-state index is -3.68. The normalized spacial score (nSPS) is 11.0. The van der Waals surface area contributed by atoms with Gasteiger partial charge < -0.3 is 14.8 Å². The smallest absolute Gasteiger partial charge is 0.264 e. The van der Waals surface area contributed by atoms with Crippen LogP contribution in [0.5, 0.6) is 11.5 Å². The number of sulfonamides is 1. The Hall–Kier alpha value is -3.52. The van der Waals surface area contributed by atoms with E-state index < -0.39 is 10.0 Å². The quantitative estimate of drug-likeness (QED) is 0.523. The van der Waals surface area contributed by atoms with Crippen LogP contribution in [0.3, 0.4) is 0 Å². The summed E-state index contributed by atoms with van der Waals surface area (Å²) in [5.41, 5.74) is 2.06. The van der Waals surface area contributed by atoms with Crippen LogP contribution in [-0.2, 0) is 14.8 Å². The molecule has 0 saturated heterocycles. The lowest BCUT2D eigenvalue weighted by Crippen LogP contribution is -2.30. The summed E-state index contributed by atoms with van der Waals surface area (Å²) in [5, 5.41) is 2.74. The number of carbonyl (C=O) groups excluding carboxylic acids is 1. The van der Waals surface area contributed by atoms with Crippen molar-refractivity contribution < 1.29 is 22.7 Å². The highest BCUT2D eigenvalue weighted by molar-refractivity contribution is 7.92. The maximum absolute atomic E-state index is 13.0. The molecular formula is C24H26N2O5S. The summed E-state index contributed by atoms with van der Waals surface area (Å²) in [6.07, 6.45) is 0. The van der Waals surface area contributed by atoms with E-state index in [1.165, 1.54) is 11.4 Å². The minimum Gasteiger partial charge on any atom is -0.495 e. The highest BCUT2D eigenvalue weighted by atomic mass is 32.2. The molecular weight excluding hydrogens is 428 g/mol. The topological polar surface area (TPSA) is 84.9 Å². The summed E-state index contributed by atoms with van der Waals surface area (Å²) in [5.74, 6) is 0.670. The molecule has 0 saturated carbocycles. The van der Waals surface area contributed by atoms with Gasteiger partial charge >= 0.3 is 0 Å². The van der Waals surface area contributed by atoms with Crippen molar-refractivity contribution in [1.82, 2.24) is 0 Å². The molecule has 0 heterocycles. The molecule has 0 fully saturated rings. The van der Waals surface area contributed by atoms with E-state index in [-0.39, 0.29) is 24.0 Å². The minimum absolute atomic E-state index is 0.198. The van der Waals surface area contributed by atoms with Crippen molar-refractivity contribution in [3.8, 4) is 11.5 Å². The molecule has 0 unspecified atom stereocenters. The number of para-hydroxylation sites is 2. The number of hydrogen-bond acceptors (Lipinski definition) is 5. The number of ether oxygens (including phenoxy) is 2. The Morgan fingerprint density at radius 1 is 0.969 bits per heavy atom. The van der Waals surface area contributed by atoms with Gasteiger partial charge in [-0.15, -0.1) is 0 Å². The number of aryl methyl sites for hydroxylation is 1. The van der Waals surface area contributed by atoms with Crippen molar-refractivity contribution in [1.29, 1.82) is 0 Å². The van der Waals surface area contributed by atoms with Gasteiger partial charge in [0.1, 0.15) is 11.5 Å². The summed E-state index contributed by atoms with van der Waals surface area (Å²) < 4.78 is 38.1. The maximum atomic E-state index is 13.0. The number of hydrogen-bond donors (Lipinski definition) is 1. The molecule has 3 rings (SSSR count). The number of nitrogens with zero attached hydrogens (tertiary/aromatic N) is 1. The van der Waals surface area contributed by atoms with Crippen LogP contribution in [0, 0.1) is 6.92 Å². The van der Waals surface area contributed by atoms with Gasteiger partial charge in [0.15, 0.2) is 6.61 Å². The standard InChI is InChI=1S/C24H26N2O5S/c1-4-26(32(28,29)21-15-9-18(2)10-16-21)19-11-13-20(14-12-19)31-17-24(27)25-22-7-5-6-8-23(22)30-3/h5-16H,4,17H2,1-3H3,(H,25,27). The fraction of sp³-hybridized carbons (Fsp3) is 0.208. The molecule has 0 aliphatic carbocycles. The zero-order chi connectivity index (χ0) is 23.1. The number of rotatable bonds is 9. The van der Waals surface area contributed by atoms with E-state index in [0.29, 0.717) is 22.9 Å². The predicted octanol–water partition coefficient (Wildman–Crippen LogP) is 4.24. The Kier molecular flexibility index (Phi) is 7.37. The van der Waals surface area contributed by atoms with Crippen LogP contribution >= 0.6 is 0 Å². The Morgan fingerprint density at radius 3 is 2.25 bits per heavy atom. The van der Waals surface area contributed by atoms with E-state index in [9.17, 15) is 13.2 Å². The van der Waals surface area contributed by atoms with Crippen LogP contribution in [-0.4, -0.2) is 34.6 Å². The van der Waals surface area contributed by atoms with Crippen LogP contribution in [0.25, 0.3) is 0 Å². The second-order valence-electron chi connectivity index (χ2n) is 7.01. The van der Waals surface area contributed by atoms with E-state index >= 15 is 0 Å². The maximum Gasteiger partial charge on any atom is 0.264 e. The van der Waals surface area contributed by atoms with Crippen LogP contribution in [0.2, 0.25) is 0 Å². The molecule has 3 aromatic carbocycles. The van der Waals surface area contributed by atoms with Crippen molar-refractivity contribution in [2.75, 3.05) is 29.9 Å². The molecule has 0 atom stereocenters. The fourth-order valence-electron chi connectivity index (χ4n) is 3.12. The Bertz CT molecular complexity index is 1160. The lowest BCUT2D eigenvalue weighted by atomic mass is 10.2. The number of methoxy groups -OCH3 is 1. The molecule has 0 spiro atoms. The lowest BCUT2D eigenvalue weighted by molar-refractivity contribution is -0.118. The van der Waals surface area contributed by atoms with Crippen molar-refractivity contribution >= 4 is 27.3 Å². The molecule has 1 amide bonds. The fourth-order valence-corrected chi connectivity index (χ4v) is 4.59. The predicted molar refractivity (Wildman–Crippen MR) is 125 cm³/mol. The second-order valence-corrected chi connectivity index (χ2v) is 8.88. The summed E-state index contributed by atoms with van der Waals surface area (Å²) in [7, 11) is -2.15. The van der Waals surface area contributed by atoms with Gasteiger partial charge in [-0.25, -0.2) is 8.42 Å². The van der Waals surface area contributed by atoms with Crippen molar-refractivity contribution in [2.45, 2.75) is 18.7 Å². The summed E-state index contributed by atoms with van der Waals surface area (Å²) in [4.78, 5) is 12.4. The lowest BCUT2D eigenvalue weighted by Gasteiger charge is -2.23. The van der Waals surface area contributed by atoms with Gasteiger partial charge in [-0.05, 0) is 62.4 Å². The second kappa shape index (κ2) is 10.2. The highest BCUT2D eigenvalue weighted by Gasteiger charge is 2.23. The van der Waals surface area contributed by atoms with Gasteiger partial charge in [-0.1, -0.05) is 29.8 Å². The Balaban J connectivity index is 1.66. The van der Waals surface area contributed by atoms with Crippen LogP contribution in [0.1, 0.15) is 12.5 Å². The molecule has 0 aliphatic rings. The van der Waals surface area contributed by atoms with E-state index in [4.69, 9.17) is 9.47 Å². The zero-order valence-electron chi connectivity index (χ0n) is 18.2. The molecule has 32 heavy (non-hydrogen) atoms. The molecule has 0 aliphatic heterocycles. The molecule has 7 nitrogen and oxygen atoms in total. The average molecular weight is 455 g/mol. The highest BCUT2D eigenvalue weighted by Crippen LogP contribution is 2.26. The molecule has 168 valence electrons. The first-order valence-electron chi connectivity index (χ1n) is 10.1. The van der Waals surface area contributed by atoms with Crippen LogP contribution < -0.4 is 19.1 Å². The van der Waals surface area contributed by atoms with Gasteiger partial charge in [0.05, 0.1) is 23.4 Å². The van der Waals surface area contributed by atoms with Gasteiger partial charge in [0, 0.05) is 6.54 Å². The summed E-state index contributed by atoms with van der Waals surface area (Å²) >= 11 is 0. The number of benzene rings is 3. The number of anilines is 2. The third-order valence-corrected chi connectivity index (χ3v) is 6.69. The molecule has 0 aromatic heterocycles. The summed E-state index contributed by atoms with van der Waals surface area (Å²) in [6.45, 7) is 3.76. The molecule has 3 aromatic rings. The van der Waals surface area contributed by atoms with Gasteiger partial charge in [0.25, 0.3) is 15.9 Å². The molecule has 8 heteroatoms. The van der Waals surface area contributed by atoms with Gasteiger partial charge in [-0.3, -0.25) is 9.10 Å². The summed E-state index contributed by atoms with van der Waals surface area (Å²) in [6, 6.07) is 20.4. The van der Waals surface area contributed by atoms with Gasteiger partial charge in [-0.2, -0.15) is 0 Å².